The number of carbonyl (C=O) groups excluding carboxylic acids is 2. The molecule has 0 unspecified atom stereocenters. The van der Waals surface area contributed by atoms with Crippen molar-refractivity contribution in [1.82, 2.24) is 0 Å². The van der Waals surface area contributed by atoms with Crippen molar-refractivity contribution in [1.29, 1.82) is 0 Å². The Labute approximate surface area is 131 Å². The van der Waals surface area contributed by atoms with Crippen molar-refractivity contribution in [3.8, 4) is 0 Å². The average Bonchev–Trinajstić information content (AvgIpc) is 2.50. The van der Waals surface area contributed by atoms with Crippen molar-refractivity contribution in [3.05, 3.63) is 63.6 Å². The van der Waals surface area contributed by atoms with Crippen LogP contribution in [0.15, 0.2) is 46.9 Å². The number of halogens is 1. The lowest BCUT2D eigenvalue weighted by Gasteiger charge is -2.09. The minimum Gasteiger partial charge on any atom is -0.465 e. The number of nitrogens with one attached hydrogen (secondary N) is 1. The Bertz CT molecular complexity index is 680. The highest BCUT2D eigenvalue weighted by Gasteiger charge is 2.10. The van der Waals surface area contributed by atoms with Gasteiger partial charge in [-0.1, -0.05) is 22.0 Å². The summed E-state index contributed by atoms with van der Waals surface area (Å²) in [4.78, 5) is 23.5. The van der Waals surface area contributed by atoms with Gasteiger partial charge in [-0.3, -0.25) is 4.79 Å². The summed E-state index contributed by atoms with van der Waals surface area (Å²) in [5.74, 6) is -0.655. The molecular weight excluding hydrogens is 334 g/mol. The van der Waals surface area contributed by atoms with E-state index < -0.39 is 5.97 Å². The molecule has 0 radical (unpaired) electrons. The second kappa shape index (κ2) is 6.54. The lowest BCUT2D eigenvalue weighted by Crippen LogP contribution is -2.13. The maximum absolute atomic E-state index is 12.2. The van der Waals surface area contributed by atoms with E-state index in [9.17, 15) is 9.59 Å². The molecule has 5 heteroatoms. The van der Waals surface area contributed by atoms with Crippen molar-refractivity contribution < 1.29 is 14.3 Å². The van der Waals surface area contributed by atoms with Crippen molar-refractivity contribution >= 4 is 33.5 Å². The SMILES string of the molecule is COC(=O)c1ccc(C(=O)Nc2cc(Br)ccc2C)cc1. The van der Waals surface area contributed by atoms with Crippen LogP contribution in [0.2, 0.25) is 0 Å². The second-order valence-corrected chi connectivity index (χ2v) is 5.40. The molecular formula is C16H14BrNO3. The summed E-state index contributed by atoms with van der Waals surface area (Å²) < 4.78 is 5.51. The third-order valence-corrected chi connectivity index (χ3v) is 3.51. The van der Waals surface area contributed by atoms with Crippen LogP contribution in [0.25, 0.3) is 0 Å². The first-order valence-corrected chi connectivity index (χ1v) is 7.06. The van der Waals surface area contributed by atoms with E-state index in [0.29, 0.717) is 11.1 Å². The molecule has 108 valence electrons. The van der Waals surface area contributed by atoms with Gasteiger partial charge < -0.3 is 10.1 Å². The quantitative estimate of drug-likeness (QED) is 0.859. The van der Waals surface area contributed by atoms with Crippen LogP contribution in [0, 0.1) is 6.92 Å². The first kappa shape index (κ1) is 15.3. The van der Waals surface area contributed by atoms with E-state index in [1.807, 2.05) is 25.1 Å². The van der Waals surface area contributed by atoms with Gasteiger partial charge in [0.15, 0.2) is 0 Å². The zero-order valence-corrected chi connectivity index (χ0v) is 13.2. The minimum atomic E-state index is -0.426. The van der Waals surface area contributed by atoms with E-state index in [1.54, 1.807) is 24.3 Å². The van der Waals surface area contributed by atoms with Crippen LogP contribution in [-0.2, 0) is 4.74 Å². The van der Waals surface area contributed by atoms with Gasteiger partial charge in [0.1, 0.15) is 0 Å². The molecule has 0 atom stereocenters. The molecule has 2 aromatic rings. The van der Waals surface area contributed by atoms with E-state index >= 15 is 0 Å². The monoisotopic (exact) mass is 347 g/mol. The van der Waals surface area contributed by atoms with Gasteiger partial charge in [-0.2, -0.15) is 0 Å². The Kier molecular flexibility index (Phi) is 4.75. The van der Waals surface area contributed by atoms with Gasteiger partial charge in [0, 0.05) is 15.7 Å². The highest BCUT2D eigenvalue weighted by molar-refractivity contribution is 9.10. The lowest BCUT2D eigenvalue weighted by atomic mass is 10.1. The molecule has 2 rings (SSSR count). The molecule has 21 heavy (non-hydrogen) atoms. The van der Waals surface area contributed by atoms with Gasteiger partial charge in [0.25, 0.3) is 5.91 Å². The van der Waals surface area contributed by atoms with E-state index in [4.69, 9.17) is 0 Å². The fraction of sp³-hybridized carbons (Fsp3) is 0.125. The summed E-state index contributed by atoms with van der Waals surface area (Å²) in [5, 5.41) is 2.84. The summed E-state index contributed by atoms with van der Waals surface area (Å²) in [7, 11) is 1.32. The summed E-state index contributed by atoms with van der Waals surface area (Å²) in [5.41, 5.74) is 2.60. The third kappa shape index (κ3) is 3.70. The minimum absolute atomic E-state index is 0.229. The predicted octanol–water partition coefficient (Wildman–Crippen LogP) is 3.80. The van der Waals surface area contributed by atoms with Gasteiger partial charge in [0.05, 0.1) is 12.7 Å². The molecule has 0 bridgehead atoms. The first-order valence-electron chi connectivity index (χ1n) is 6.27. The Morgan fingerprint density at radius 2 is 1.67 bits per heavy atom. The summed E-state index contributed by atoms with van der Waals surface area (Å²) in [6.45, 7) is 1.92. The molecule has 0 fully saturated rings. The predicted molar refractivity (Wildman–Crippen MR) is 84.6 cm³/mol. The lowest BCUT2D eigenvalue weighted by molar-refractivity contribution is 0.0600. The number of rotatable bonds is 3. The number of hydrogen-bond donors (Lipinski definition) is 1. The first-order chi connectivity index (χ1) is 10.0. The number of ether oxygens (including phenoxy) is 1. The number of carbonyl (C=O) groups is 2. The number of aryl methyl sites for hydroxylation is 1. The third-order valence-electron chi connectivity index (χ3n) is 3.02. The fourth-order valence-corrected chi connectivity index (χ4v) is 2.16. The molecule has 0 aromatic heterocycles. The normalized spacial score (nSPS) is 10.0. The van der Waals surface area contributed by atoms with Gasteiger partial charge in [-0.15, -0.1) is 0 Å². The van der Waals surface area contributed by atoms with Gasteiger partial charge in [0.2, 0.25) is 0 Å². The molecule has 2 aromatic carbocycles. The van der Waals surface area contributed by atoms with Crippen molar-refractivity contribution in [3.63, 3.8) is 0 Å². The van der Waals surface area contributed by atoms with Crippen molar-refractivity contribution in [2.45, 2.75) is 6.92 Å². The van der Waals surface area contributed by atoms with Crippen LogP contribution >= 0.6 is 15.9 Å². The zero-order chi connectivity index (χ0) is 15.4. The number of methoxy groups -OCH3 is 1. The Morgan fingerprint density at radius 3 is 2.29 bits per heavy atom. The Balaban J connectivity index is 2.17. The number of amides is 1. The molecule has 4 nitrogen and oxygen atoms in total. The Hall–Kier alpha value is -2.14. The molecule has 0 spiro atoms. The largest absolute Gasteiger partial charge is 0.465 e. The van der Waals surface area contributed by atoms with Crippen LogP contribution in [0.3, 0.4) is 0 Å². The van der Waals surface area contributed by atoms with Gasteiger partial charge in [-0.05, 0) is 48.9 Å². The molecule has 0 aliphatic rings. The van der Waals surface area contributed by atoms with E-state index in [0.717, 1.165) is 15.7 Å². The molecule has 0 aliphatic carbocycles. The van der Waals surface area contributed by atoms with Gasteiger partial charge >= 0.3 is 5.97 Å². The molecule has 0 aliphatic heterocycles. The number of hydrogen-bond acceptors (Lipinski definition) is 3. The highest BCUT2D eigenvalue weighted by atomic mass is 79.9. The maximum Gasteiger partial charge on any atom is 0.337 e. The van der Waals surface area contributed by atoms with E-state index in [1.165, 1.54) is 7.11 Å². The number of benzene rings is 2. The molecule has 0 heterocycles. The van der Waals surface area contributed by atoms with Crippen LogP contribution in [0.5, 0.6) is 0 Å². The smallest absolute Gasteiger partial charge is 0.337 e. The summed E-state index contributed by atoms with van der Waals surface area (Å²) in [6, 6.07) is 12.0. The Morgan fingerprint density at radius 1 is 1.05 bits per heavy atom. The van der Waals surface area contributed by atoms with Gasteiger partial charge in [-0.25, -0.2) is 4.79 Å². The molecule has 1 N–H and O–H groups in total. The molecule has 1 amide bonds. The van der Waals surface area contributed by atoms with Crippen LogP contribution in [0.1, 0.15) is 26.3 Å². The topological polar surface area (TPSA) is 55.4 Å². The summed E-state index contributed by atoms with van der Waals surface area (Å²) in [6.07, 6.45) is 0. The number of anilines is 1. The van der Waals surface area contributed by atoms with E-state index in [-0.39, 0.29) is 5.91 Å². The molecule has 0 saturated carbocycles. The van der Waals surface area contributed by atoms with Crippen LogP contribution in [-0.4, -0.2) is 19.0 Å². The highest BCUT2D eigenvalue weighted by Crippen LogP contribution is 2.21. The average molecular weight is 348 g/mol. The van der Waals surface area contributed by atoms with E-state index in [2.05, 4.69) is 26.0 Å². The van der Waals surface area contributed by atoms with Crippen molar-refractivity contribution in [2.24, 2.45) is 0 Å². The van der Waals surface area contributed by atoms with Crippen LogP contribution < -0.4 is 5.32 Å². The van der Waals surface area contributed by atoms with Crippen molar-refractivity contribution in [2.75, 3.05) is 12.4 Å². The van der Waals surface area contributed by atoms with Crippen LogP contribution in [0.4, 0.5) is 5.69 Å². The second-order valence-electron chi connectivity index (χ2n) is 4.48. The zero-order valence-electron chi connectivity index (χ0n) is 11.6. The summed E-state index contributed by atoms with van der Waals surface area (Å²) >= 11 is 3.37. The maximum atomic E-state index is 12.2. The fourth-order valence-electron chi connectivity index (χ4n) is 1.80. The standard InChI is InChI=1S/C16H14BrNO3/c1-10-3-8-13(17)9-14(10)18-15(19)11-4-6-12(7-5-11)16(20)21-2/h3-9H,1-2H3,(H,18,19). The molecule has 0 saturated heterocycles. The number of esters is 1.